The molecule has 0 fully saturated rings. The van der Waals surface area contributed by atoms with Gasteiger partial charge in [0.25, 0.3) is 0 Å². The Morgan fingerprint density at radius 3 is 2.93 bits per heavy atom. The number of aryl methyl sites for hydroxylation is 1. The van der Waals surface area contributed by atoms with E-state index in [4.69, 9.17) is 4.52 Å². The maximum absolute atomic E-state index is 5.23. The Morgan fingerprint density at radius 2 is 2.36 bits per heavy atom. The zero-order chi connectivity index (χ0) is 9.97. The van der Waals surface area contributed by atoms with Gasteiger partial charge in [-0.3, -0.25) is 0 Å². The molecular weight excluding hydrogens is 262 g/mol. The molecule has 0 saturated carbocycles. The van der Waals surface area contributed by atoms with Gasteiger partial charge < -0.3 is 4.52 Å². The molecule has 4 heteroatoms. The predicted molar refractivity (Wildman–Crippen MR) is 61.8 cm³/mol. The van der Waals surface area contributed by atoms with E-state index in [0.717, 1.165) is 28.1 Å². The largest absolute Gasteiger partial charge is 0.355 e. The lowest BCUT2D eigenvalue weighted by molar-refractivity contribution is 0.427. The molecule has 74 valence electrons. The molecule has 0 atom stereocenters. The second kappa shape index (κ2) is 4.28. The Morgan fingerprint density at radius 1 is 1.50 bits per heavy atom. The van der Waals surface area contributed by atoms with Gasteiger partial charge in [0, 0.05) is 16.3 Å². The minimum atomic E-state index is 0.739. The van der Waals surface area contributed by atoms with Gasteiger partial charge >= 0.3 is 0 Å². The third-order valence-electron chi connectivity index (χ3n) is 1.95. The molecule has 0 N–H and O–H groups in total. The molecule has 0 aromatic carbocycles. The molecule has 0 unspecified atom stereocenters. The molecule has 2 rings (SSSR count). The maximum atomic E-state index is 5.23. The lowest BCUT2D eigenvalue weighted by atomic mass is 10.3. The van der Waals surface area contributed by atoms with Crippen LogP contribution in [-0.2, 0) is 11.8 Å². The monoisotopic (exact) mass is 271 g/mol. The van der Waals surface area contributed by atoms with E-state index in [9.17, 15) is 0 Å². The SMILES string of the molecule is CCc1ccc(-c2cc(CBr)no2)s1. The predicted octanol–water partition coefficient (Wildman–Crippen LogP) is 3.86. The Hall–Kier alpha value is -0.610. The summed E-state index contributed by atoms with van der Waals surface area (Å²) in [7, 11) is 0. The second-order valence-corrected chi connectivity index (χ2v) is 4.66. The fraction of sp³-hybridized carbons (Fsp3) is 0.300. The van der Waals surface area contributed by atoms with Crippen molar-refractivity contribution < 1.29 is 4.52 Å². The number of alkyl halides is 1. The number of aromatic nitrogens is 1. The first-order valence-electron chi connectivity index (χ1n) is 4.44. The molecular formula is C10H10BrNOS. The molecule has 0 radical (unpaired) electrons. The van der Waals surface area contributed by atoms with Gasteiger partial charge in [-0.25, -0.2) is 0 Å². The molecule has 0 aliphatic heterocycles. The number of halogens is 1. The first-order valence-corrected chi connectivity index (χ1v) is 6.38. The van der Waals surface area contributed by atoms with E-state index in [1.54, 1.807) is 11.3 Å². The van der Waals surface area contributed by atoms with Crippen molar-refractivity contribution in [1.29, 1.82) is 0 Å². The smallest absolute Gasteiger partial charge is 0.177 e. The average Bonchev–Trinajstić information content (AvgIpc) is 2.86. The fourth-order valence-electron chi connectivity index (χ4n) is 1.19. The van der Waals surface area contributed by atoms with Gasteiger partial charge in [0.2, 0.25) is 0 Å². The Bertz CT molecular complexity index is 381. The summed E-state index contributed by atoms with van der Waals surface area (Å²) < 4.78 is 5.23. The van der Waals surface area contributed by atoms with E-state index < -0.39 is 0 Å². The number of thiophene rings is 1. The maximum Gasteiger partial charge on any atom is 0.177 e. The van der Waals surface area contributed by atoms with E-state index in [2.05, 4.69) is 40.1 Å². The van der Waals surface area contributed by atoms with Gasteiger partial charge in [-0.1, -0.05) is 28.0 Å². The summed E-state index contributed by atoms with van der Waals surface area (Å²) in [6.45, 7) is 2.15. The van der Waals surface area contributed by atoms with Crippen LogP contribution < -0.4 is 0 Å². The molecule has 0 amide bonds. The summed E-state index contributed by atoms with van der Waals surface area (Å²) in [4.78, 5) is 2.53. The van der Waals surface area contributed by atoms with E-state index in [1.165, 1.54) is 4.88 Å². The van der Waals surface area contributed by atoms with Crippen molar-refractivity contribution in [2.24, 2.45) is 0 Å². The van der Waals surface area contributed by atoms with E-state index in [-0.39, 0.29) is 0 Å². The Labute approximate surface area is 95.1 Å². The van der Waals surface area contributed by atoms with Gasteiger partial charge in [-0.2, -0.15) is 0 Å². The summed E-state index contributed by atoms with van der Waals surface area (Å²) in [5.41, 5.74) is 0.937. The summed E-state index contributed by atoms with van der Waals surface area (Å²) >= 11 is 5.10. The minimum absolute atomic E-state index is 0.739. The lowest BCUT2D eigenvalue weighted by Crippen LogP contribution is -1.70. The van der Waals surface area contributed by atoms with Crippen molar-refractivity contribution >= 4 is 27.3 Å². The van der Waals surface area contributed by atoms with Gasteiger partial charge in [-0.15, -0.1) is 11.3 Å². The topological polar surface area (TPSA) is 26.0 Å². The molecule has 2 heterocycles. The van der Waals surface area contributed by atoms with E-state index in [0.29, 0.717) is 0 Å². The number of hydrogen-bond donors (Lipinski definition) is 0. The molecule has 2 nitrogen and oxygen atoms in total. The van der Waals surface area contributed by atoms with Crippen LogP contribution in [0.15, 0.2) is 22.7 Å². The highest BCUT2D eigenvalue weighted by Crippen LogP contribution is 2.29. The highest BCUT2D eigenvalue weighted by molar-refractivity contribution is 9.08. The molecule has 2 aromatic rings. The van der Waals surface area contributed by atoms with E-state index >= 15 is 0 Å². The number of nitrogens with zero attached hydrogens (tertiary/aromatic N) is 1. The highest BCUT2D eigenvalue weighted by atomic mass is 79.9. The molecule has 0 bridgehead atoms. The first-order chi connectivity index (χ1) is 6.83. The highest BCUT2D eigenvalue weighted by Gasteiger charge is 2.07. The lowest BCUT2D eigenvalue weighted by Gasteiger charge is -1.86. The van der Waals surface area contributed by atoms with Crippen LogP contribution in [0.1, 0.15) is 17.5 Å². The standard InChI is InChI=1S/C10H10BrNOS/c1-2-8-3-4-10(14-8)9-5-7(6-11)12-13-9/h3-5H,2,6H2,1H3. The molecule has 0 aliphatic carbocycles. The molecule has 0 spiro atoms. The van der Waals surface area contributed by atoms with E-state index in [1.807, 2.05) is 6.07 Å². The summed E-state index contributed by atoms with van der Waals surface area (Å²) in [5.74, 6) is 0.865. The van der Waals surface area contributed by atoms with Gasteiger partial charge in [-0.05, 0) is 18.6 Å². The third-order valence-corrected chi connectivity index (χ3v) is 3.77. The molecule has 2 aromatic heterocycles. The molecule has 14 heavy (non-hydrogen) atoms. The van der Waals surface area contributed by atoms with Gasteiger partial charge in [0.15, 0.2) is 5.76 Å². The fourth-order valence-corrected chi connectivity index (χ4v) is 2.35. The summed E-state index contributed by atoms with van der Waals surface area (Å²) in [6.07, 6.45) is 1.07. The number of hydrogen-bond acceptors (Lipinski definition) is 3. The zero-order valence-corrected chi connectivity index (χ0v) is 10.2. The third kappa shape index (κ3) is 1.91. The van der Waals surface area contributed by atoms with Crippen LogP contribution in [-0.4, -0.2) is 5.16 Å². The van der Waals surface area contributed by atoms with Gasteiger partial charge in [0.05, 0.1) is 10.6 Å². The number of rotatable bonds is 3. The van der Waals surface area contributed by atoms with Crippen LogP contribution in [0.4, 0.5) is 0 Å². The summed E-state index contributed by atoms with van der Waals surface area (Å²) in [5, 5.41) is 4.67. The zero-order valence-electron chi connectivity index (χ0n) is 7.79. The van der Waals surface area contributed by atoms with Crippen LogP contribution >= 0.6 is 27.3 Å². The first kappa shape index (κ1) is 9.93. The Kier molecular flexibility index (Phi) is 3.03. The van der Waals surface area contributed by atoms with Crippen molar-refractivity contribution in [2.75, 3.05) is 0 Å². The van der Waals surface area contributed by atoms with Crippen molar-refractivity contribution in [3.05, 3.63) is 28.8 Å². The van der Waals surface area contributed by atoms with Crippen LogP contribution in [0.2, 0.25) is 0 Å². The normalized spacial score (nSPS) is 10.7. The molecule has 0 saturated heterocycles. The quantitative estimate of drug-likeness (QED) is 0.793. The summed E-state index contributed by atoms with van der Waals surface area (Å²) in [6, 6.07) is 6.19. The van der Waals surface area contributed by atoms with Crippen molar-refractivity contribution in [1.82, 2.24) is 5.16 Å². The van der Waals surface area contributed by atoms with Crippen LogP contribution in [0.3, 0.4) is 0 Å². The van der Waals surface area contributed by atoms with Crippen molar-refractivity contribution in [3.63, 3.8) is 0 Å². The van der Waals surface area contributed by atoms with Crippen LogP contribution in [0, 0.1) is 0 Å². The average molecular weight is 272 g/mol. The van der Waals surface area contributed by atoms with Crippen molar-refractivity contribution in [3.8, 4) is 10.6 Å². The van der Waals surface area contributed by atoms with Crippen molar-refractivity contribution in [2.45, 2.75) is 18.7 Å². The second-order valence-electron chi connectivity index (χ2n) is 2.94. The van der Waals surface area contributed by atoms with Crippen LogP contribution in [0.5, 0.6) is 0 Å². The molecule has 0 aliphatic rings. The van der Waals surface area contributed by atoms with Gasteiger partial charge in [0.1, 0.15) is 0 Å². The Balaban J connectivity index is 2.29. The van der Waals surface area contributed by atoms with Crippen LogP contribution in [0.25, 0.3) is 10.6 Å². The minimum Gasteiger partial charge on any atom is -0.355 e.